The van der Waals surface area contributed by atoms with Gasteiger partial charge >= 0.3 is 5.97 Å². The fourth-order valence-electron chi connectivity index (χ4n) is 6.65. The summed E-state index contributed by atoms with van der Waals surface area (Å²) in [7, 11) is -2.23. The van der Waals surface area contributed by atoms with Gasteiger partial charge in [0.1, 0.15) is 17.6 Å². The lowest BCUT2D eigenvalue weighted by Crippen LogP contribution is -2.57. The fraction of sp³-hybridized carbons (Fsp3) is 0.275. The van der Waals surface area contributed by atoms with Crippen LogP contribution in [0.15, 0.2) is 103 Å². The van der Waals surface area contributed by atoms with E-state index < -0.39 is 20.7 Å². The van der Waals surface area contributed by atoms with Crippen molar-refractivity contribution < 1.29 is 23.1 Å². The lowest BCUT2D eigenvalue weighted by Gasteiger charge is -2.40. The zero-order valence-corrected chi connectivity index (χ0v) is 28.8. The van der Waals surface area contributed by atoms with Gasteiger partial charge in [-0.1, -0.05) is 100 Å². The summed E-state index contributed by atoms with van der Waals surface area (Å²) in [6.45, 7) is 6.30. The van der Waals surface area contributed by atoms with Gasteiger partial charge < -0.3 is 9.16 Å². The van der Waals surface area contributed by atoms with Gasteiger partial charge in [-0.15, -0.1) is 0 Å². The molecule has 0 spiro atoms. The average Bonchev–Trinajstić information content (AvgIpc) is 3.53. The Morgan fingerprint density at radius 2 is 1.67 bits per heavy atom. The van der Waals surface area contributed by atoms with Gasteiger partial charge in [0.25, 0.3) is 0 Å². The van der Waals surface area contributed by atoms with Crippen LogP contribution in [0.3, 0.4) is 0 Å². The highest BCUT2D eigenvalue weighted by Gasteiger charge is 2.47. The summed E-state index contributed by atoms with van der Waals surface area (Å²) in [6, 6.07) is 30.3. The van der Waals surface area contributed by atoms with Gasteiger partial charge in [0.2, 0.25) is 9.04 Å². The molecule has 1 aliphatic heterocycles. The van der Waals surface area contributed by atoms with E-state index in [9.17, 15) is 14.0 Å². The zero-order chi connectivity index (χ0) is 33.7. The molecule has 0 radical (unpaired) electrons. The van der Waals surface area contributed by atoms with E-state index in [0.29, 0.717) is 30.7 Å². The largest absolute Gasteiger partial charge is 0.456 e. The zero-order valence-electron chi connectivity index (χ0n) is 27.6. The van der Waals surface area contributed by atoms with Crippen LogP contribution in [0, 0.1) is 5.82 Å². The molecule has 2 atom stereocenters. The Balaban J connectivity index is 1.34. The maximum Gasteiger partial charge on any atom is 0.337 e. The molecular formula is C40H41FN2O4Si. The predicted molar refractivity (Wildman–Crippen MR) is 191 cm³/mol. The Bertz CT molecular complexity index is 1870. The number of carbonyl (C=O) groups is 2. The molecule has 3 heterocycles. The third kappa shape index (κ3) is 6.82. The smallest absolute Gasteiger partial charge is 0.337 e. The van der Waals surface area contributed by atoms with Crippen molar-refractivity contribution in [3.63, 3.8) is 0 Å². The number of hydrogen-bond acceptors (Lipinski definition) is 5. The van der Waals surface area contributed by atoms with E-state index in [2.05, 4.69) is 45.0 Å². The molecule has 0 saturated carbocycles. The summed E-state index contributed by atoms with van der Waals surface area (Å²) >= 11 is 0. The minimum atomic E-state index is -2.23. The number of carbonyl (C=O) groups excluding carboxylic acids is 2. The highest BCUT2D eigenvalue weighted by Crippen LogP contribution is 2.37. The number of hydrogen-bond donors (Lipinski definition) is 0. The molecule has 3 aromatic carbocycles. The number of ether oxygens (including phenoxy) is 1. The molecule has 6 nitrogen and oxygen atoms in total. The quantitative estimate of drug-likeness (QED) is 0.0800. The molecule has 0 aliphatic carbocycles. The van der Waals surface area contributed by atoms with Crippen molar-refractivity contribution in [3.05, 3.63) is 126 Å². The van der Waals surface area contributed by atoms with E-state index in [1.807, 2.05) is 54.6 Å². The van der Waals surface area contributed by atoms with Crippen molar-refractivity contribution in [2.75, 3.05) is 0 Å². The molecule has 8 heteroatoms. The topological polar surface area (TPSA) is 69.9 Å². The number of benzene rings is 3. The van der Waals surface area contributed by atoms with Crippen LogP contribution in [-0.4, -0.2) is 42.6 Å². The Kier molecular flexibility index (Phi) is 10.1. The minimum Gasteiger partial charge on any atom is -0.456 e. The molecule has 6 rings (SSSR count). The number of nitrogens with zero attached hydrogens (tertiary/aromatic N) is 2. The lowest BCUT2D eigenvalue weighted by atomic mass is 9.87. The number of halogens is 1. The second kappa shape index (κ2) is 14.6. The predicted octanol–water partition coefficient (Wildman–Crippen LogP) is 7.28. The number of aldehydes is 1. The number of cyclic esters (lactones) is 1. The summed E-state index contributed by atoms with van der Waals surface area (Å²) in [4.78, 5) is 26.0. The van der Waals surface area contributed by atoms with Gasteiger partial charge in [-0.05, 0) is 83.6 Å². The van der Waals surface area contributed by atoms with Crippen LogP contribution in [0.1, 0.15) is 80.4 Å². The number of fused-ring (bicyclic) bond motifs is 1. The molecule has 0 amide bonds. The monoisotopic (exact) mass is 660 g/mol. The molecule has 0 N–H and O–H groups in total. The SMILES string of the molecule is CCCCC1(O[SiH](c2ccccc2)c2ccccc2)CCC(C=Cc2c(-c3ccc(F)cc3)nn3c(C=O)ccc3c2C(C)C)OC1=O. The Morgan fingerprint density at radius 1 is 1.00 bits per heavy atom. The summed E-state index contributed by atoms with van der Waals surface area (Å²) in [5.41, 5.74) is 3.40. The number of esters is 1. The van der Waals surface area contributed by atoms with Crippen LogP contribution in [0.25, 0.3) is 22.9 Å². The van der Waals surface area contributed by atoms with E-state index in [1.54, 1.807) is 22.7 Å². The van der Waals surface area contributed by atoms with Crippen molar-refractivity contribution in [1.82, 2.24) is 9.61 Å². The van der Waals surface area contributed by atoms with Crippen LogP contribution >= 0.6 is 0 Å². The molecule has 1 aliphatic rings. The maximum atomic E-state index is 14.1. The Hall–Kier alpha value is -4.66. The highest BCUT2D eigenvalue weighted by molar-refractivity contribution is 6.80. The molecule has 0 bridgehead atoms. The van der Waals surface area contributed by atoms with Crippen molar-refractivity contribution >= 4 is 43.3 Å². The van der Waals surface area contributed by atoms with Crippen molar-refractivity contribution in [1.29, 1.82) is 0 Å². The molecule has 1 fully saturated rings. The maximum absolute atomic E-state index is 14.1. The lowest BCUT2D eigenvalue weighted by molar-refractivity contribution is -0.176. The number of rotatable bonds is 12. The first-order valence-electron chi connectivity index (χ1n) is 16.8. The molecule has 1 saturated heterocycles. The molecule has 48 heavy (non-hydrogen) atoms. The van der Waals surface area contributed by atoms with Crippen LogP contribution in [0.4, 0.5) is 4.39 Å². The summed E-state index contributed by atoms with van der Waals surface area (Å²) in [6.07, 6.45) is 7.77. The van der Waals surface area contributed by atoms with Gasteiger partial charge in [0, 0.05) is 11.1 Å². The van der Waals surface area contributed by atoms with Crippen LogP contribution in [-0.2, 0) is 14.0 Å². The second-order valence-corrected chi connectivity index (χ2v) is 15.1. The summed E-state index contributed by atoms with van der Waals surface area (Å²) in [5.74, 6) is -0.589. The molecule has 2 aromatic heterocycles. The van der Waals surface area contributed by atoms with E-state index >= 15 is 0 Å². The van der Waals surface area contributed by atoms with E-state index in [1.165, 1.54) is 12.1 Å². The van der Waals surface area contributed by atoms with Crippen molar-refractivity contribution in [3.8, 4) is 11.3 Å². The van der Waals surface area contributed by atoms with Crippen LogP contribution in [0.2, 0.25) is 0 Å². The fourth-order valence-corrected chi connectivity index (χ4v) is 9.23. The van der Waals surface area contributed by atoms with Crippen LogP contribution in [0.5, 0.6) is 0 Å². The Labute approximate surface area is 283 Å². The molecular weight excluding hydrogens is 620 g/mol. The average molecular weight is 661 g/mol. The molecule has 2 unspecified atom stereocenters. The molecule has 5 aromatic rings. The van der Waals surface area contributed by atoms with E-state index in [-0.39, 0.29) is 17.7 Å². The standard InChI is InChI=1S/C40H41FN2O4Si/c1-4-5-25-40(47-48(33-12-8-6-9-13-33)34-14-10-7-11-15-34)26-24-32(46-39(40)45)21-22-35-37(28(2)3)36-23-20-31(27-44)43(36)42-38(35)29-16-18-30(41)19-17-29/h6-23,27-28,32,48H,4-5,24-26H2,1-3H3. The first-order valence-corrected chi connectivity index (χ1v) is 18.4. The first kappa shape index (κ1) is 33.2. The highest BCUT2D eigenvalue weighted by atomic mass is 28.3. The summed E-state index contributed by atoms with van der Waals surface area (Å²) < 4.78 is 28.8. The van der Waals surface area contributed by atoms with Gasteiger partial charge in [-0.3, -0.25) is 4.79 Å². The van der Waals surface area contributed by atoms with Crippen molar-refractivity contribution in [2.24, 2.45) is 0 Å². The third-order valence-electron chi connectivity index (χ3n) is 9.14. The van der Waals surface area contributed by atoms with E-state index in [4.69, 9.17) is 14.3 Å². The van der Waals surface area contributed by atoms with Gasteiger partial charge in [-0.25, -0.2) is 13.7 Å². The van der Waals surface area contributed by atoms with Crippen LogP contribution < -0.4 is 10.4 Å². The number of aromatic nitrogens is 2. The van der Waals surface area contributed by atoms with Gasteiger partial charge in [0.15, 0.2) is 11.9 Å². The van der Waals surface area contributed by atoms with E-state index in [0.717, 1.165) is 51.7 Å². The third-order valence-corrected chi connectivity index (χ3v) is 11.8. The molecule has 246 valence electrons. The van der Waals surface area contributed by atoms with Gasteiger partial charge in [-0.2, -0.15) is 5.10 Å². The van der Waals surface area contributed by atoms with Crippen molar-refractivity contribution in [2.45, 2.75) is 70.5 Å². The number of unbranched alkanes of at least 4 members (excludes halogenated alkanes) is 1. The first-order chi connectivity index (χ1) is 23.3. The summed E-state index contributed by atoms with van der Waals surface area (Å²) in [5, 5.41) is 7.10. The Morgan fingerprint density at radius 3 is 2.25 bits per heavy atom. The second-order valence-electron chi connectivity index (χ2n) is 12.8. The normalized spacial score (nSPS) is 18.2. The minimum absolute atomic E-state index is 0.0746. The van der Waals surface area contributed by atoms with Gasteiger partial charge in [0.05, 0.1) is 11.2 Å².